The molecule has 1 aliphatic rings. The molecule has 4 nitrogen and oxygen atoms in total. The van der Waals surface area contributed by atoms with Gasteiger partial charge in [-0.3, -0.25) is 9.59 Å². The van der Waals surface area contributed by atoms with Crippen molar-refractivity contribution in [2.45, 2.75) is 36.0 Å². The van der Waals surface area contributed by atoms with E-state index in [4.69, 9.17) is 0 Å². The van der Waals surface area contributed by atoms with Gasteiger partial charge in [0.2, 0.25) is 0 Å². The van der Waals surface area contributed by atoms with Gasteiger partial charge >= 0.3 is 11.8 Å². The third-order valence-corrected chi connectivity index (χ3v) is 6.67. The van der Waals surface area contributed by atoms with Crippen LogP contribution in [0.25, 0.3) is 0 Å². The molecule has 1 aromatic carbocycles. The lowest BCUT2D eigenvalue weighted by atomic mass is 9.84. The lowest BCUT2D eigenvalue weighted by Gasteiger charge is -2.28. The topological polar surface area (TPSA) is 58.2 Å². The monoisotopic (exact) mass is 374 g/mol. The number of carbonyl (C=O) groups excluding carboxylic acids is 2. The Hall–Kier alpha value is -1.79. The number of thiophene rings is 1. The number of carbonyl (C=O) groups is 2. The van der Waals surface area contributed by atoms with Crippen molar-refractivity contribution in [1.29, 1.82) is 0 Å². The van der Waals surface area contributed by atoms with E-state index in [2.05, 4.69) is 22.1 Å². The molecule has 3 rings (SSSR count). The number of nitrogens with one attached hydrogen (secondary N) is 2. The number of thioether (sulfide) groups is 1. The third-order valence-electron chi connectivity index (χ3n) is 4.75. The van der Waals surface area contributed by atoms with E-state index in [1.807, 2.05) is 30.5 Å². The molecular weight excluding hydrogens is 352 g/mol. The number of hydrogen-bond donors (Lipinski definition) is 2. The highest BCUT2D eigenvalue weighted by Crippen LogP contribution is 2.42. The molecule has 0 spiro atoms. The molecular formula is C19H22N2O2S2. The minimum atomic E-state index is -0.610. The quantitative estimate of drug-likeness (QED) is 0.613. The fourth-order valence-electron chi connectivity index (χ4n) is 3.40. The fraction of sp³-hybridized carbons (Fsp3) is 0.368. The van der Waals surface area contributed by atoms with Crippen molar-refractivity contribution >= 4 is 40.6 Å². The van der Waals surface area contributed by atoms with Gasteiger partial charge in [0.05, 0.1) is 5.69 Å². The zero-order chi connectivity index (χ0) is 17.7. The lowest BCUT2D eigenvalue weighted by Crippen LogP contribution is -2.43. The standard InChI is InChI=1S/C19H22N2O2S2/c1-24-15-8-3-2-7-14(15)21-18(23)17(22)20-13-19(10-4-5-11-19)16-9-6-12-25-16/h2-3,6-9,12H,4-5,10-11,13H2,1H3,(H,20,22)(H,21,23). The van der Waals surface area contributed by atoms with E-state index in [1.54, 1.807) is 17.4 Å². The Morgan fingerprint density at radius 1 is 1.12 bits per heavy atom. The number of benzene rings is 1. The van der Waals surface area contributed by atoms with Crippen molar-refractivity contribution in [3.05, 3.63) is 46.7 Å². The van der Waals surface area contributed by atoms with Crippen molar-refractivity contribution in [3.8, 4) is 0 Å². The van der Waals surface area contributed by atoms with Gasteiger partial charge in [0, 0.05) is 21.7 Å². The van der Waals surface area contributed by atoms with Crippen LogP contribution in [0.3, 0.4) is 0 Å². The van der Waals surface area contributed by atoms with Gasteiger partial charge in [0.1, 0.15) is 0 Å². The van der Waals surface area contributed by atoms with Crippen molar-refractivity contribution < 1.29 is 9.59 Å². The molecule has 132 valence electrons. The first-order valence-electron chi connectivity index (χ1n) is 8.41. The highest BCUT2D eigenvalue weighted by atomic mass is 32.2. The molecule has 1 aromatic heterocycles. The molecule has 1 fully saturated rings. The largest absolute Gasteiger partial charge is 0.347 e. The predicted molar refractivity (Wildman–Crippen MR) is 104 cm³/mol. The van der Waals surface area contributed by atoms with Gasteiger partial charge < -0.3 is 10.6 Å². The predicted octanol–water partition coefficient (Wildman–Crippen LogP) is 4.04. The Labute approximate surface area is 156 Å². The summed E-state index contributed by atoms with van der Waals surface area (Å²) in [5.74, 6) is -1.18. The minimum absolute atomic E-state index is 0.0126. The molecule has 2 N–H and O–H groups in total. The summed E-state index contributed by atoms with van der Waals surface area (Å²) < 4.78 is 0. The number of amides is 2. The van der Waals surface area contributed by atoms with Crippen LogP contribution in [0.1, 0.15) is 30.6 Å². The number of hydrogen-bond acceptors (Lipinski definition) is 4. The van der Waals surface area contributed by atoms with Crippen molar-refractivity contribution in [2.24, 2.45) is 0 Å². The van der Waals surface area contributed by atoms with E-state index in [0.29, 0.717) is 12.2 Å². The Morgan fingerprint density at radius 2 is 1.88 bits per heavy atom. The summed E-state index contributed by atoms with van der Waals surface area (Å²) >= 11 is 3.27. The fourth-order valence-corrected chi connectivity index (χ4v) is 4.94. The number of anilines is 1. The average molecular weight is 375 g/mol. The Balaban J connectivity index is 1.63. The van der Waals surface area contributed by atoms with Gasteiger partial charge in [-0.2, -0.15) is 0 Å². The van der Waals surface area contributed by atoms with Gasteiger partial charge in [-0.1, -0.05) is 31.0 Å². The van der Waals surface area contributed by atoms with Crippen molar-refractivity contribution in [3.63, 3.8) is 0 Å². The summed E-state index contributed by atoms with van der Waals surface area (Å²) in [7, 11) is 0. The SMILES string of the molecule is CSc1ccccc1NC(=O)C(=O)NCC1(c2cccs2)CCCC1. The Bertz CT molecular complexity index is 738. The van der Waals surface area contributed by atoms with E-state index < -0.39 is 11.8 Å². The minimum Gasteiger partial charge on any atom is -0.347 e. The van der Waals surface area contributed by atoms with Crippen LogP contribution in [-0.2, 0) is 15.0 Å². The highest BCUT2D eigenvalue weighted by Gasteiger charge is 2.37. The van der Waals surface area contributed by atoms with Crippen LogP contribution >= 0.6 is 23.1 Å². The molecule has 2 amide bonds. The third kappa shape index (κ3) is 4.07. The summed E-state index contributed by atoms with van der Waals surface area (Å²) in [6.07, 6.45) is 6.40. The summed E-state index contributed by atoms with van der Waals surface area (Å²) in [4.78, 5) is 26.8. The summed E-state index contributed by atoms with van der Waals surface area (Å²) in [5, 5.41) is 7.65. The van der Waals surface area contributed by atoms with Gasteiger partial charge in [0.15, 0.2) is 0 Å². The van der Waals surface area contributed by atoms with Crippen LogP contribution in [0, 0.1) is 0 Å². The van der Waals surface area contributed by atoms with E-state index in [9.17, 15) is 9.59 Å². The second kappa shape index (κ2) is 8.06. The first kappa shape index (κ1) is 18.0. The maximum atomic E-state index is 12.3. The van der Waals surface area contributed by atoms with Crippen molar-refractivity contribution in [2.75, 3.05) is 18.1 Å². The molecule has 1 heterocycles. The van der Waals surface area contributed by atoms with Gasteiger partial charge in [-0.15, -0.1) is 23.1 Å². The maximum Gasteiger partial charge on any atom is 0.313 e. The van der Waals surface area contributed by atoms with Crippen LogP contribution in [0.2, 0.25) is 0 Å². The van der Waals surface area contributed by atoms with Gasteiger partial charge in [-0.25, -0.2) is 0 Å². The molecule has 25 heavy (non-hydrogen) atoms. The molecule has 0 atom stereocenters. The summed E-state index contributed by atoms with van der Waals surface area (Å²) in [5.41, 5.74) is 0.658. The van der Waals surface area contributed by atoms with Crippen LogP contribution in [-0.4, -0.2) is 24.6 Å². The van der Waals surface area contributed by atoms with E-state index in [1.165, 1.54) is 29.5 Å². The zero-order valence-corrected chi connectivity index (χ0v) is 15.8. The maximum absolute atomic E-state index is 12.3. The summed E-state index contributed by atoms with van der Waals surface area (Å²) in [6.45, 7) is 0.518. The second-order valence-electron chi connectivity index (χ2n) is 6.30. The van der Waals surface area contributed by atoms with Gasteiger partial charge in [0.25, 0.3) is 0 Å². The molecule has 0 aliphatic heterocycles. The van der Waals surface area contributed by atoms with E-state index in [-0.39, 0.29) is 5.41 Å². The molecule has 0 bridgehead atoms. The summed E-state index contributed by atoms with van der Waals surface area (Å²) in [6, 6.07) is 11.7. The first-order valence-corrected chi connectivity index (χ1v) is 10.5. The number of para-hydroxylation sites is 1. The normalized spacial score (nSPS) is 15.7. The van der Waals surface area contributed by atoms with E-state index >= 15 is 0 Å². The Morgan fingerprint density at radius 3 is 2.56 bits per heavy atom. The Kier molecular flexibility index (Phi) is 5.81. The first-order chi connectivity index (χ1) is 12.1. The molecule has 0 unspecified atom stereocenters. The molecule has 0 radical (unpaired) electrons. The molecule has 1 aliphatic carbocycles. The van der Waals surface area contributed by atoms with Gasteiger partial charge in [-0.05, 0) is 42.7 Å². The lowest BCUT2D eigenvalue weighted by molar-refractivity contribution is -0.136. The molecule has 0 saturated heterocycles. The second-order valence-corrected chi connectivity index (χ2v) is 8.10. The van der Waals surface area contributed by atoms with Crippen LogP contribution in [0.4, 0.5) is 5.69 Å². The van der Waals surface area contributed by atoms with Crippen LogP contribution in [0.5, 0.6) is 0 Å². The highest BCUT2D eigenvalue weighted by molar-refractivity contribution is 7.98. The van der Waals surface area contributed by atoms with Crippen LogP contribution < -0.4 is 10.6 Å². The smallest absolute Gasteiger partial charge is 0.313 e. The van der Waals surface area contributed by atoms with E-state index in [0.717, 1.165) is 17.7 Å². The zero-order valence-electron chi connectivity index (χ0n) is 14.2. The van der Waals surface area contributed by atoms with Crippen LogP contribution in [0.15, 0.2) is 46.7 Å². The van der Waals surface area contributed by atoms with Crippen molar-refractivity contribution in [1.82, 2.24) is 5.32 Å². The molecule has 2 aromatic rings. The molecule has 1 saturated carbocycles. The molecule has 6 heteroatoms. The number of rotatable bonds is 5. The average Bonchev–Trinajstić information content (AvgIpc) is 3.32.